The molecule has 0 spiro atoms. The average Bonchev–Trinajstić information content (AvgIpc) is 2.54. The van der Waals surface area contributed by atoms with Crippen molar-refractivity contribution < 1.29 is 0 Å². The molecule has 0 radical (unpaired) electrons. The predicted octanol–water partition coefficient (Wildman–Crippen LogP) is 6.51. The number of aryl methyl sites for hydroxylation is 1. The lowest BCUT2D eigenvalue weighted by atomic mass is 10.1. The lowest BCUT2D eigenvalue weighted by Crippen LogP contribution is -2.22. The Kier molecular flexibility index (Phi) is 6.53. The summed E-state index contributed by atoms with van der Waals surface area (Å²) in [6, 6.07) is 9.13. The molecule has 0 bridgehead atoms. The molecule has 1 heteroatoms. The zero-order valence-corrected chi connectivity index (χ0v) is 15.7. The summed E-state index contributed by atoms with van der Waals surface area (Å²) in [4.78, 5) is 3.06. The summed E-state index contributed by atoms with van der Waals surface area (Å²) in [5.41, 5.74) is 3.95. The molecule has 2 unspecified atom stereocenters. The Bertz CT molecular complexity index is 628. The van der Waals surface area contributed by atoms with Crippen molar-refractivity contribution in [1.29, 1.82) is 0 Å². The van der Waals surface area contributed by atoms with Gasteiger partial charge in [0.15, 0.2) is 4.90 Å². The number of hydrogen-bond acceptors (Lipinski definition) is 0. The molecule has 0 saturated heterocycles. The van der Waals surface area contributed by atoms with E-state index in [1.54, 1.807) is 4.91 Å². The zero-order valence-electron chi connectivity index (χ0n) is 14.9. The van der Waals surface area contributed by atoms with Gasteiger partial charge in [0.05, 0.1) is 10.9 Å². The van der Waals surface area contributed by atoms with Gasteiger partial charge in [0.2, 0.25) is 0 Å². The standard InChI is InChI=1S/C22H29S/c1-6-20(12-7-17(2)3)23(21-13-8-18(4)9-14-21)22-15-10-19(5)11-16-22/h7-10,12-15,20H,2,6,11,16H2,1,3-5H3/q+1/b12-7-. The van der Waals surface area contributed by atoms with Gasteiger partial charge in [-0.15, -0.1) is 0 Å². The second kappa shape index (κ2) is 8.40. The molecule has 0 fully saturated rings. The van der Waals surface area contributed by atoms with Crippen molar-refractivity contribution in [2.75, 3.05) is 0 Å². The molecule has 1 aromatic rings. The molecule has 0 N–H and O–H groups in total. The number of allylic oxidation sites excluding steroid dienone is 6. The van der Waals surface area contributed by atoms with Crippen molar-refractivity contribution in [3.8, 4) is 0 Å². The average molecular weight is 326 g/mol. The van der Waals surface area contributed by atoms with E-state index < -0.39 is 0 Å². The minimum atomic E-state index is 0.137. The molecule has 0 heterocycles. The second-order valence-electron chi connectivity index (χ2n) is 6.45. The molecular formula is C22H29S+. The third kappa shape index (κ3) is 5.00. The monoisotopic (exact) mass is 325 g/mol. The first-order chi connectivity index (χ1) is 11.0. The van der Waals surface area contributed by atoms with Gasteiger partial charge in [-0.25, -0.2) is 0 Å². The Labute approximate surface area is 145 Å². The van der Waals surface area contributed by atoms with E-state index in [0.717, 1.165) is 12.0 Å². The van der Waals surface area contributed by atoms with Gasteiger partial charge >= 0.3 is 0 Å². The summed E-state index contributed by atoms with van der Waals surface area (Å²) >= 11 is 0. The van der Waals surface area contributed by atoms with E-state index in [2.05, 4.69) is 82.8 Å². The number of rotatable bonds is 6. The van der Waals surface area contributed by atoms with Crippen molar-refractivity contribution in [1.82, 2.24) is 0 Å². The molecule has 1 aliphatic carbocycles. The second-order valence-corrected chi connectivity index (χ2v) is 8.73. The highest BCUT2D eigenvalue weighted by Crippen LogP contribution is 2.34. The van der Waals surface area contributed by atoms with E-state index in [9.17, 15) is 0 Å². The fourth-order valence-electron chi connectivity index (χ4n) is 2.76. The van der Waals surface area contributed by atoms with Crippen molar-refractivity contribution >= 4 is 10.9 Å². The maximum Gasteiger partial charge on any atom is 0.160 e. The smallest absolute Gasteiger partial charge is 0.0961 e. The number of benzene rings is 1. The van der Waals surface area contributed by atoms with Crippen LogP contribution in [0, 0.1) is 6.92 Å². The van der Waals surface area contributed by atoms with Crippen molar-refractivity contribution in [3.05, 3.63) is 76.8 Å². The molecule has 0 nitrogen and oxygen atoms in total. The Balaban J connectivity index is 2.41. The van der Waals surface area contributed by atoms with Crippen LogP contribution in [0.2, 0.25) is 0 Å². The molecule has 0 amide bonds. The molecule has 23 heavy (non-hydrogen) atoms. The Hall–Kier alpha value is -1.47. The lowest BCUT2D eigenvalue weighted by Gasteiger charge is -2.19. The van der Waals surface area contributed by atoms with Gasteiger partial charge in [-0.1, -0.05) is 54.5 Å². The number of hydrogen-bond donors (Lipinski definition) is 0. The summed E-state index contributed by atoms with van der Waals surface area (Å²) in [6.45, 7) is 12.8. The minimum Gasteiger partial charge on any atom is -0.0961 e. The fourth-order valence-corrected chi connectivity index (χ4v) is 5.34. The van der Waals surface area contributed by atoms with Crippen LogP contribution in [0.25, 0.3) is 0 Å². The maximum absolute atomic E-state index is 4.02. The SMILES string of the molecule is C=C(C)/C=C\C(CC)[S+](C1=CC=C(C)CC1)c1ccc(C)cc1. The third-order valence-corrected chi connectivity index (χ3v) is 6.96. The van der Waals surface area contributed by atoms with Crippen LogP contribution in [-0.2, 0) is 10.9 Å². The summed E-state index contributed by atoms with van der Waals surface area (Å²) in [5, 5.41) is 0.549. The molecule has 0 aromatic heterocycles. The quantitative estimate of drug-likeness (QED) is 0.413. The molecule has 1 aliphatic rings. The summed E-state index contributed by atoms with van der Waals surface area (Å²) in [6.07, 6.45) is 12.8. The summed E-state index contributed by atoms with van der Waals surface area (Å²) in [5.74, 6) is 0. The molecule has 2 atom stereocenters. The molecule has 0 saturated carbocycles. The van der Waals surface area contributed by atoms with E-state index in [-0.39, 0.29) is 10.9 Å². The van der Waals surface area contributed by atoms with Gasteiger partial charge in [-0.3, -0.25) is 0 Å². The van der Waals surface area contributed by atoms with E-state index in [1.165, 1.54) is 28.9 Å². The van der Waals surface area contributed by atoms with Gasteiger partial charge < -0.3 is 0 Å². The zero-order chi connectivity index (χ0) is 16.8. The molecular weight excluding hydrogens is 296 g/mol. The molecule has 1 aromatic carbocycles. The predicted molar refractivity (Wildman–Crippen MR) is 106 cm³/mol. The lowest BCUT2D eigenvalue weighted by molar-refractivity contribution is 0.927. The van der Waals surface area contributed by atoms with Crippen LogP contribution < -0.4 is 0 Å². The molecule has 0 aliphatic heterocycles. The topological polar surface area (TPSA) is 0 Å². The first kappa shape index (κ1) is 17.9. The van der Waals surface area contributed by atoms with Crippen molar-refractivity contribution in [2.45, 2.75) is 57.1 Å². The Morgan fingerprint density at radius 3 is 2.39 bits per heavy atom. The van der Waals surface area contributed by atoms with Crippen molar-refractivity contribution in [2.24, 2.45) is 0 Å². The van der Waals surface area contributed by atoms with Crippen LogP contribution in [0.15, 0.2) is 76.1 Å². The van der Waals surface area contributed by atoms with Crippen LogP contribution >= 0.6 is 0 Å². The third-order valence-electron chi connectivity index (χ3n) is 4.18. The van der Waals surface area contributed by atoms with E-state index in [0.29, 0.717) is 5.25 Å². The van der Waals surface area contributed by atoms with Crippen LogP contribution in [0.3, 0.4) is 0 Å². The van der Waals surface area contributed by atoms with E-state index in [1.807, 2.05) is 0 Å². The first-order valence-electron chi connectivity index (χ1n) is 8.51. The Morgan fingerprint density at radius 1 is 1.17 bits per heavy atom. The van der Waals surface area contributed by atoms with Crippen LogP contribution in [-0.4, -0.2) is 5.25 Å². The highest BCUT2D eigenvalue weighted by molar-refractivity contribution is 8.01. The van der Waals surface area contributed by atoms with Crippen LogP contribution in [0.1, 0.15) is 45.6 Å². The van der Waals surface area contributed by atoms with Crippen LogP contribution in [0.5, 0.6) is 0 Å². The van der Waals surface area contributed by atoms with Crippen LogP contribution in [0.4, 0.5) is 0 Å². The largest absolute Gasteiger partial charge is 0.160 e. The summed E-state index contributed by atoms with van der Waals surface area (Å²) in [7, 11) is 0.137. The van der Waals surface area contributed by atoms with Gasteiger partial charge in [0, 0.05) is 6.42 Å². The highest BCUT2D eigenvalue weighted by Gasteiger charge is 2.34. The van der Waals surface area contributed by atoms with E-state index in [4.69, 9.17) is 0 Å². The van der Waals surface area contributed by atoms with Gasteiger partial charge in [0.25, 0.3) is 0 Å². The fraction of sp³-hybridized carbons (Fsp3) is 0.364. The summed E-state index contributed by atoms with van der Waals surface area (Å²) < 4.78 is 0. The molecule has 2 rings (SSSR count). The van der Waals surface area contributed by atoms with E-state index >= 15 is 0 Å². The normalized spacial score (nSPS) is 17.6. The van der Waals surface area contributed by atoms with Gasteiger partial charge in [-0.2, -0.15) is 0 Å². The Morgan fingerprint density at radius 2 is 1.87 bits per heavy atom. The minimum absolute atomic E-state index is 0.137. The first-order valence-corrected chi connectivity index (χ1v) is 9.80. The highest BCUT2D eigenvalue weighted by atomic mass is 32.2. The van der Waals surface area contributed by atoms with Gasteiger partial charge in [0.1, 0.15) is 10.2 Å². The maximum atomic E-state index is 4.02. The van der Waals surface area contributed by atoms with Crippen molar-refractivity contribution in [3.63, 3.8) is 0 Å². The molecule has 122 valence electrons. The van der Waals surface area contributed by atoms with Gasteiger partial charge in [-0.05, 0) is 57.9 Å².